The summed E-state index contributed by atoms with van der Waals surface area (Å²) in [6, 6.07) is 11.8. The molecule has 0 aliphatic carbocycles. The van der Waals surface area contributed by atoms with E-state index in [2.05, 4.69) is 0 Å². The van der Waals surface area contributed by atoms with Crippen molar-refractivity contribution in [2.24, 2.45) is 0 Å². The van der Waals surface area contributed by atoms with Gasteiger partial charge in [0.1, 0.15) is 11.5 Å². The smallest absolute Gasteiger partial charge is 0.246 e. The summed E-state index contributed by atoms with van der Waals surface area (Å²) in [6.45, 7) is 4.52. The van der Waals surface area contributed by atoms with E-state index in [-0.39, 0.29) is 5.91 Å². The molecule has 25 heavy (non-hydrogen) atoms. The third-order valence-electron chi connectivity index (χ3n) is 4.01. The Morgan fingerprint density at radius 2 is 1.60 bits per heavy atom. The van der Waals surface area contributed by atoms with E-state index in [1.165, 1.54) is 0 Å². The lowest BCUT2D eigenvalue weighted by atomic mass is 10.1. The highest BCUT2D eigenvalue weighted by Gasteiger charge is 2.10. The lowest BCUT2D eigenvalue weighted by Gasteiger charge is -2.18. The predicted octanol–water partition coefficient (Wildman–Crippen LogP) is 3.99. The van der Waals surface area contributed by atoms with E-state index >= 15 is 0 Å². The van der Waals surface area contributed by atoms with Gasteiger partial charge in [-0.3, -0.25) is 4.79 Å². The summed E-state index contributed by atoms with van der Waals surface area (Å²) in [5, 5.41) is 0. The third-order valence-corrected chi connectivity index (χ3v) is 4.01. The minimum atomic E-state index is -0.0767. The molecule has 2 aromatic carbocycles. The number of methoxy groups -OCH3 is 2. The predicted molar refractivity (Wildman–Crippen MR) is 101 cm³/mol. The highest BCUT2D eigenvalue weighted by molar-refractivity contribution is 5.92. The second-order valence-electron chi connectivity index (χ2n) is 6.09. The molecule has 4 heteroatoms. The van der Waals surface area contributed by atoms with Gasteiger partial charge >= 0.3 is 0 Å². The van der Waals surface area contributed by atoms with Crippen molar-refractivity contribution in [3.05, 3.63) is 64.7 Å². The molecule has 0 aliphatic heterocycles. The fourth-order valence-electron chi connectivity index (χ4n) is 2.64. The Kier molecular flexibility index (Phi) is 6.23. The number of amides is 1. The average molecular weight is 339 g/mol. The van der Waals surface area contributed by atoms with Crippen LogP contribution in [-0.4, -0.2) is 32.1 Å². The van der Waals surface area contributed by atoms with E-state index in [0.29, 0.717) is 6.54 Å². The van der Waals surface area contributed by atoms with E-state index in [9.17, 15) is 4.79 Å². The van der Waals surface area contributed by atoms with Crippen molar-refractivity contribution in [2.45, 2.75) is 20.4 Å². The molecule has 0 fully saturated rings. The fraction of sp³-hybridized carbons (Fsp3) is 0.286. The van der Waals surface area contributed by atoms with E-state index in [0.717, 1.165) is 33.8 Å². The molecule has 1 amide bonds. The van der Waals surface area contributed by atoms with Crippen molar-refractivity contribution in [3.8, 4) is 11.5 Å². The Morgan fingerprint density at radius 3 is 2.24 bits per heavy atom. The number of nitrogens with zero attached hydrogens (tertiary/aromatic N) is 1. The number of carbonyl (C=O) groups excluding carboxylic acids is 1. The topological polar surface area (TPSA) is 38.8 Å². The second-order valence-corrected chi connectivity index (χ2v) is 6.09. The highest BCUT2D eigenvalue weighted by Crippen LogP contribution is 2.22. The summed E-state index contributed by atoms with van der Waals surface area (Å²) in [5.74, 6) is 1.46. The fourth-order valence-corrected chi connectivity index (χ4v) is 2.64. The quantitative estimate of drug-likeness (QED) is 0.747. The van der Waals surface area contributed by atoms with Crippen molar-refractivity contribution in [1.82, 2.24) is 4.90 Å². The standard InChI is InChI=1S/C21H25NO3/c1-15-6-9-19(24-4)17(12-15)8-11-21(23)22(3)14-18-13-16(2)7-10-20(18)25-5/h6-13H,14H2,1-5H3/b11-8+. The van der Waals surface area contributed by atoms with E-state index in [1.807, 2.05) is 50.2 Å². The Bertz CT molecular complexity index is 781. The van der Waals surface area contributed by atoms with E-state index in [4.69, 9.17) is 9.47 Å². The molecule has 0 N–H and O–H groups in total. The zero-order chi connectivity index (χ0) is 18.4. The summed E-state index contributed by atoms with van der Waals surface area (Å²) in [6.07, 6.45) is 3.36. The minimum absolute atomic E-state index is 0.0767. The number of ether oxygens (including phenoxy) is 2. The molecule has 132 valence electrons. The van der Waals surface area contributed by atoms with Crippen molar-refractivity contribution >= 4 is 12.0 Å². The molecule has 0 saturated carbocycles. The molecule has 0 spiro atoms. The maximum atomic E-state index is 12.4. The van der Waals surface area contributed by atoms with Crippen LogP contribution in [0.4, 0.5) is 0 Å². The summed E-state index contributed by atoms with van der Waals surface area (Å²) >= 11 is 0. The summed E-state index contributed by atoms with van der Waals surface area (Å²) in [5.41, 5.74) is 4.12. The second kappa shape index (κ2) is 8.38. The first kappa shape index (κ1) is 18.6. The van der Waals surface area contributed by atoms with Gasteiger partial charge in [-0.2, -0.15) is 0 Å². The number of benzene rings is 2. The summed E-state index contributed by atoms with van der Waals surface area (Å²) in [7, 11) is 5.04. The first-order valence-electron chi connectivity index (χ1n) is 8.16. The molecule has 0 aromatic heterocycles. The van der Waals surface area contributed by atoms with Crippen LogP contribution >= 0.6 is 0 Å². The lowest BCUT2D eigenvalue weighted by molar-refractivity contribution is -0.125. The van der Waals surface area contributed by atoms with Gasteiger partial charge in [-0.25, -0.2) is 0 Å². The van der Waals surface area contributed by atoms with Crippen LogP contribution in [0.15, 0.2) is 42.5 Å². The van der Waals surface area contributed by atoms with Crippen molar-refractivity contribution in [2.75, 3.05) is 21.3 Å². The molecular formula is C21H25NO3. The summed E-state index contributed by atoms with van der Waals surface area (Å²) in [4.78, 5) is 14.1. The zero-order valence-electron chi connectivity index (χ0n) is 15.5. The number of rotatable bonds is 6. The Hall–Kier alpha value is -2.75. The first-order chi connectivity index (χ1) is 11.9. The largest absolute Gasteiger partial charge is 0.496 e. The molecule has 0 atom stereocenters. The SMILES string of the molecule is COc1ccc(C)cc1/C=C/C(=O)N(C)Cc1cc(C)ccc1OC. The van der Waals surface area contributed by atoms with Crippen LogP contribution in [0.5, 0.6) is 11.5 Å². The van der Waals surface area contributed by atoms with Crippen LogP contribution in [0, 0.1) is 13.8 Å². The Labute approximate surface area is 149 Å². The van der Waals surface area contributed by atoms with Gasteiger partial charge in [-0.1, -0.05) is 29.3 Å². The van der Waals surface area contributed by atoms with Gasteiger partial charge in [0.05, 0.1) is 14.2 Å². The van der Waals surface area contributed by atoms with E-state index in [1.54, 1.807) is 38.3 Å². The van der Waals surface area contributed by atoms with Gasteiger partial charge in [0, 0.05) is 30.8 Å². The molecule has 0 unspecified atom stereocenters. The maximum absolute atomic E-state index is 12.4. The minimum Gasteiger partial charge on any atom is -0.496 e. The van der Waals surface area contributed by atoms with Gasteiger partial charge in [0.2, 0.25) is 5.91 Å². The average Bonchev–Trinajstić information content (AvgIpc) is 2.60. The Balaban J connectivity index is 2.13. The molecule has 0 heterocycles. The molecule has 0 aliphatic rings. The number of hydrogen-bond donors (Lipinski definition) is 0. The van der Waals surface area contributed by atoms with Crippen LogP contribution in [0.1, 0.15) is 22.3 Å². The van der Waals surface area contributed by atoms with Gasteiger partial charge < -0.3 is 14.4 Å². The summed E-state index contributed by atoms with van der Waals surface area (Å²) < 4.78 is 10.7. The molecular weight excluding hydrogens is 314 g/mol. The van der Waals surface area contributed by atoms with Crippen LogP contribution < -0.4 is 9.47 Å². The zero-order valence-corrected chi connectivity index (χ0v) is 15.5. The number of likely N-dealkylation sites (N-methyl/N-ethyl adjacent to an activating group) is 1. The van der Waals surface area contributed by atoms with Gasteiger partial charge in [0.15, 0.2) is 0 Å². The molecule has 2 rings (SSSR count). The molecule has 2 aromatic rings. The molecule has 0 radical (unpaired) electrons. The highest BCUT2D eigenvalue weighted by atomic mass is 16.5. The number of aryl methyl sites for hydroxylation is 2. The van der Waals surface area contributed by atoms with Gasteiger partial charge in [-0.15, -0.1) is 0 Å². The maximum Gasteiger partial charge on any atom is 0.246 e. The van der Waals surface area contributed by atoms with Crippen molar-refractivity contribution in [1.29, 1.82) is 0 Å². The van der Waals surface area contributed by atoms with Crippen LogP contribution in [0.25, 0.3) is 6.08 Å². The number of carbonyl (C=O) groups is 1. The van der Waals surface area contributed by atoms with Crippen molar-refractivity contribution in [3.63, 3.8) is 0 Å². The third kappa shape index (κ3) is 4.86. The monoisotopic (exact) mass is 339 g/mol. The lowest BCUT2D eigenvalue weighted by Crippen LogP contribution is -2.24. The molecule has 0 saturated heterocycles. The molecule has 0 bridgehead atoms. The first-order valence-corrected chi connectivity index (χ1v) is 8.16. The van der Waals surface area contributed by atoms with Gasteiger partial charge in [0.25, 0.3) is 0 Å². The van der Waals surface area contributed by atoms with Crippen LogP contribution in [-0.2, 0) is 11.3 Å². The van der Waals surface area contributed by atoms with Crippen molar-refractivity contribution < 1.29 is 14.3 Å². The number of hydrogen-bond acceptors (Lipinski definition) is 3. The molecule has 4 nitrogen and oxygen atoms in total. The normalized spacial score (nSPS) is 10.8. The Morgan fingerprint density at radius 1 is 1.00 bits per heavy atom. The van der Waals surface area contributed by atoms with E-state index < -0.39 is 0 Å². The van der Waals surface area contributed by atoms with Gasteiger partial charge in [-0.05, 0) is 38.1 Å². The van der Waals surface area contributed by atoms with Crippen LogP contribution in [0.3, 0.4) is 0 Å². The van der Waals surface area contributed by atoms with Crippen LogP contribution in [0.2, 0.25) is 0 Å².